The summed E-state index contributed by atoms with van der Waals surface area (Å²) in [6, 6.07) is 0. The highest BCUT2D eigenvalue weighted by Gasteiger charge is 2.47. The first-order chi connectivity index (χ1) is 6.79. The largest absolute Gasteiger partial charge is 0.394 e. The zero-order valence-corrected chi connectivity index (χ0v) is 9.84. The summed E-state index contributed by atoms with van der Waals surface area (Å²) in [4.78, 5) is 0. The molecule has 1 aliphatic heterocycles. The summed E-state index contributed by atoms with van der Waals surface area (Å²) in [6.45, 7) is 7.45. The molecule has 1 saturated heterocycles. The molecule has 1 heterocycles. The molecule has 4 heteroatoms. The first-order valence-electron chi connectivity index (χ1n) is 5.41. The maximum atomic E-state index is 10.0. The van der Waals surface area contributed by atoms with Crippen LogP contribution in [0.25, 0.3) is 0 Å². The van der Waals surface area contributed by atoms with E-state index in [4.69, 9.17) is 9.84 Å². The third-order valence-electron chi connectivity index (χ3n) is 3.17. The Labute approximate surface area is 90.9 Å². The second kappa shape index (κ2) is 4.37. The van der Waals surface area contributed by atoms with Gasteiger partial charge < -0.3 is 20.1 Å². The molecular weight excluding hydrogens is 196 g/mol. The molecule has 15 heavy (non-hydrogen) atoms. The summed E-state index contributed by atoms with van der Waals surface area (Å²) in [7, 11) is 0. The zero-order valence-electron chi connectivity index (χ0n) is 9.84. The molecule has 0 aliphatic carbocycles. The van der Waals surface area contributed by atoms with Crippen molar-refractivity contribution < 1.29 is 20.1 Å². The number of aliphatic hydroxyl groups is 3. The Bertz CT molecular complexity index is 211. The molecule has 0 aromatic carbocycles. The molecule has 0 bridgehead atoms. The maximum Gasteiger partial charge on any atom is 0.107 e. The Morgan fingerprint density at radius 2 is 1.67 bits per heavy atom. The van der Waals surface area contributed by atoms with Crippen LogP contribution in [0.4, 0.5) is 0 Å². The quantitative estimate of drug-likeness (QED) is 0.586. The van der Waals surface area contributed by atoms with Gasteiger partial charge in [0, 0.05) is 5.92 Å². The molecule has 0 aromatic heterocycles. The van der Waals surface area contributed by atoms with Gasteiger partial charge in [0.1, 0.15) is 6.10 Å². The monoisotopic (exact) mass is 218 g/mol. The van der Waals surface area contributed by atoms with Gasteiger partial charge in [-0.2, -0.15) is 0 Å². The fraction of sp³-hybridized carbons (Fsp3) is 1.00. The van der Waals surface area contributed by atoms with Crippen LogP contribution in [0, 0.1) is 11.3 Å². The molecule has 5 atom stereocenters. The minimum absolute atomic E-state index is 0.217. The third-order valence-corrected chi connectivity index (χ3v) is 3.17. The Morgan fingerprint density at radius 3 is 2.07 bits per heavy atom. The molecule has 4 nitrogen and oxygen atoms in total. The van der Waals surface area contributed by atoms with E-state index in [-0.39, 0.29) is 24.0 Å². The summed E-state index contributed by atoms with van der Waals surface area (Å²) in [5, 5.41) is 29.1. The van der Waals surface area contributed by atoms with E-state index < -0.39 is 18.3 Å². The van der Waals surface area contributed by atoms with Crippen LogP contribution in [-0.4, -0.2) is 46.3 Å². The van der Waals surface area contributed by atoms with Crippen molar-refractivity contribution >= 4 is 0 Å². The fourth-order valence-corrected chi connectivity index (χ4v) is 2.34. The normalized spacial score (nSPS) is 43.0. The molecule has 0 aromatic rings. The lowest BCUT2D eigenvalue weighted by atomic mass is 9.70. The Morgan fingerprint density at radius 1 is 1.13 bits per heavy atom. The zero-order chi connectivity index (χ0) is 11.8. The van der Waals surface area contributed by atoms with Crippen molar-refractivity contribution in [1.82, 2.24) is 0 Å². The van der Waals surface area contributed by atoms with E-state index >= 15 is 0 Å². The standard InChI is InChI=1S/C11H22O4/c1-6-9(13)8(11(2,3)4)10(14)7(5-12)15-6/h6-10,12-14H,5H2,1-4H3. The molecule has 5 unspecified atom stereocenters. The molecule has 1 aliphatic rings. The summed E-state index contributed by atoms with van der Waals surface area (Å²) in [6.07, 6.45) is -2.45. The average molecular weight is 218 g/mol. The van der Waals surface area contributed by atoms with Crippen molar-refractivity contribution in [1.29, 1.82) is 0 Å². The van der Waals surface area contributed by atoms with Crippen LogP contribution >= 0.6 is 0 Å². The summed E-state index contributed by atoms with van der Waals surface area (Å²) >= 11 is 0. The number of ether oxygens (including phenoxy) is 1. The van der Waals surface area contributed by atoms with Crippen LogP contribution in [0.1, 0.15) is 27.7 Å². The van der Waals surface area contributed by atoms with E-state index in [0.29, 0.717) is 0 Å². The van der Waals surface area contributed by atoms with Crippen LogP contribution in [0.15, 0.2) is 0 Å². The highest BCUT2D eigenvalue weighted by molar-refractivity contribution is 4.95. The Hall–Kier alpha value is -0.160. The average Bonchev–Trinajstić information content (AvgIpc) is 2.09. The van der Waals surface area contributed by atoms with Gasteiger partial charge in [0.2, 0.25) is 0 Å². The summed E-state index contributed by atoms with van der Waals surface area (Å²) in [5.41, 5.74) is -0.218. The van der Waals surface area contributed by atoms with E-state index in [0.717, 1.165) is 0 Å². The van der Waals surface area contributed by atoms with Gasteiger partial charge in [0.05, 0.1) is 24.9 Å². The van der Waals surface area contributed by atoms with Gasteiger partial charge >= 0.3 is 0 Å². The maximum absolute atomic E-state index is 10.0. The molecule has 0 spiro atoms. The van der Waals surface area contributed by atoms with E-state index in [2.05, 4.69) is 0 Å². The Balaban J connectivity index is 2.90. The first kappa shape index (κ1) is 12.9. The number of hydrogen-bond donors (Lipinski definition) is 3. The minimum Gasteiger partial charge on any atom is -0.394 e. The van der Waals surface area contributed by atoms with Gasteiger partial charge in [-0.05, 0) is 12.3 Å². The molecule has 3 N–H and O–H groups in total. The smallest absolute Gasteiger partial charge is 0.107 e. The minimum atomic E-state index is -0.818. The molecule has 1 fully saturated rings. The van der Waals surface area contributed by atoms with Gasteiger partial charge in [-0.3, -0.25) is 0 Å². The van der Waals surface area contributed by atoms with Crippen molar-refractivity contribution in [3.05, 3.63) is 0 Å². The molecular formula is C11H22O4. The van der Waals surface area contributed by atoms with Crippen LogP contribution in [0.3, 0.4) is 0 Å². The van der Waals surface area contributed by atoms with Crippen LogP contribution in [-0.2, 0) is 4.74 Å². The van der Waals surface area contributed by atoms with Crippen molar-refractivity contribution in [3.8, 4) is 0 Å². The van der Waals surface area contributed by atoms with Gasteiger partial charge in [-0.15, -0.1) is 0 Å². The summed E-state index contributed by atoms with van der Waals surface area (Å²) < 4.78 is 5.34. The van der Waals surface area contributed by atoms with E-state index in [1.54, 1.807) is 6.92 Å². The highest BCUT2D eigenvalue weighted by Crippen LogP contribution is 2.38. The van der Waals surface area contributed by atoms with Crippen LogP contribution < -0.4 is 0 Å². The van der Waals surface area contributed by atoms with E-state index in [1.807, 2.05) is 20.8 Å². The number of rotatable bonds is 1. The van der Waals surface area contributed by atoms with Crippen molar-refractivity contribution in [2.45, 2.75) is 52.1 Å². The van der Waals surface area contributed by atoms with Gasteiger partial charge in [-0.25, -0.2) is 0 Å². The third kappa shape index (κ3) is 2.50. The summed E-state index contributed by atoms with van der Waals surface area (Å²) in [5.74, 6) is -0.279. The Kier molecular flexibility index (Phi) is 3.76. The first-order valence-corrected chi connectivity index (χ1v) is 5.41. The fourth-order valence-electron chi connectivity index (χ4n) is 2.34. The second-order valence-electron chi connectivity index (χ2n) is 5.44. The molecule has 0 radical (unpaired) electrons. The second-order valence-corrected chi connectivity index (χ2v) is 5.44. The lowest BCUT2D eigenvalue weighted by Crippen LogP contribution is -2.58. The topological polar surface area (TPSA) is 69.9 Å². The molecule has 1 rings (SSSR count). The van der Waals surface area contributed by atoms with E-state index in [1.165, 1.54) is 0 Å². The van der Waals surface area contributed by atoms with Gasteiger partial charge in [0.25, 0.3) is 0 Å². The molecule has 0 amide bonds. The van der Waals surface area contributed by atoms with Gasteiger partial charge in [0.15, 0.2) is 0 Å². The van der Waals surface area contributed by atoms with Crippen molar-refractivity contribution in [2.75, 3.05) is 6.61 Å². The lowest BCUT2D eigenvalue weighted by Gasteiger charge is -2.47. The van der Waals surface area contributed by atoms with Crippen molar-refractivity contribution in [3.63, 3.8) is 0 Å². The predicted octanol–water partition coefficient (Wildman–Crippen LogP) is 0.150. The predicted molar refractivity (Wildman–Crippen MR) is 56.4 cm³/mol. The lowest BCUT2D eigenvalue weighted by molar-refractivity contribution is -0.222. The highest BCUT2D eigenvalue weighted by atomic mass is 16.5. The van der Waals surface area contributed by atoms with Crippen LogP contribution in [0.5, 0.6) is 0 Å². The SMILES string of the molecule is CC1OC(CO)C(O)C(C(C)(C)C)C1O. The van der Waals surface area contributed by atoms with Crippen molar-refractivity contribution in [2.24, 2.45) is 11.3 Å². The van der Waals surface area contributed by atoms with E-state index in [9.17, 15) is 10.2 Å². The number of hydrogen-bond acceptors (Lipinski definition) is 4. The number of aliphatic hydroxyl groups excluding tert-OH is 3. The molecule has 90 valence electrons. The van der Waals surface area contributed by atoms with Gasteiger partial charge in [-0.1, -0.05) is 20.8 Å². The molecule has 0 saturated carbocycles. The van der Waals surface area contributed by atoms with Crippen LogP contribution in [0.2, 0.25) is 0 Å².